The summed E-state index contributed by atoms with van der Waals surface area (Å²) >= 11 is 0. The molecule has 0 bridgehead atoms. The molecule has 0 spiro atoms. The van der Waals surface area contributed by atoms with E-state index in [-0.39, 0.29) is 0 Å². The number of hydrogen-bond acceptors (Lipinski definition) is 1. The Kier molecular flexibility index (Phi) is 21.4. The van der Waals surface area contributed by atoms with Gasteiger partial charge in [-0.1, -0.05) is 95.8 Å². The molecule has 0 fully saturated rings. The third kappa shape index (κ3) is 24.6. The van der Waals surface area contributed by atoms with Crippen LogP contribution < -0.4 is 0 Å². The van der Waals surface area contributed by atoms with Crippen LogP contribution in [0.3, 0.4) is 0 Å². The van der Waals surface area contributed by atoms with Crippen LogP contribution in [-0.2, 0) is 4.79 Å². The summed E-state index contributed by atoms with van der Waals surface area (Å²) in [6, 6.07) is 0. The molecule has 2 nitrogen and oxygen atoms in total. The van der Waals surface area contributed by atoms with Crippen molar-refractivity contribution in [2.45, 2.75) is 129 Å². The summed E-state index contributed by atoms with van der Waals surface area (Å²) in [4.78, 5) is 10.4. The Labute approximate surface area is 168 Å². The lowest BCUT2D eigenvalue weighted by Gasteiger charge is -2.00. The van der Waals surface area contributed by atoms with Crippen LogP contribution in [0, 0.1) is 23.7 Å². The Morgan fingerprint density at radius 3 is 1.44 bits per heavy atom. The maximum absolute atomic E-state index is 10.4. The number of rotatable bonds is 17. The lowest BCUT2D eigenvalue weighted by molar-refractivity contribution is -0.137. The summed E-state index contributed by atoms with van der Waals surface area (Å²) in [6.45, 7) is 2.27. The van der Waals surface area contributed by atoms with E-state index in [1.807, 2.05) is 0 Å². The van der Waals surface area contributed by atoms with E-state index in [1.165, 1.54) is 70.6 Å². The fourth-order valence-corrected chi connectivity index (χ4v) is 3.07. The minimum absolute atomic E-state index is 0.311. The molecule has 27 heavy (non-hydrogen) atoms. The van der Waals surface area contributed by atoms with E-state index in [2.05, 4.69) is 30.6 Å². The van der Waals surface area contributed by atoms with Crippen LogP contribution in [-0.4, -0.2) is 11.1 Å². The Balaban J connectivity index is 3.24. The molecule has 154 valence electrons. The molecule has 0 aromatic heterocycles. The maximum Gasteiger partial charge on any atom is 0.303 e. The van der Waals surface area contributed by atoms with Gasteiger partial charge in [0.2, 0.25) is 0 Å². The maximum atomic E-state index is 10.4. The van der Waals surface area contributed by atoms with Crippen LogP contribution in [0.2, 0.25) is 0 Å². The van der Waals surface area contributed by atoms with E-state index >= 15 is 0 Å². The molecule has 0 aliphatic rings. The number of carboxylic acid groups (broad SMARTS) is 1. The lowest BCUT2D eigenvalue weighted by Crippen LogP contribution is -1.93. The first-order valence-electron chi connectivity index (χ1n) is 11.4. The van der Waals surface area contributed by atoms with Crippen molar-refractivity contribution in [3.63, 3.8) is 0 Å². The standard InChI is InChI=1S/C25H42O2/c1-2-3-4-5-6-7-8-9-10-11-12-13-14-15-16-17-18-19-20-21-22-23-24-25(26)27/h2-11,14,17-24H2,1H3,(H,26,27). The summed E-state index contributed by atoms with van der Waals surface area (Å²) in [5.74, 6) is 12.1. The number of carboxylic acids is 1. The van der Waals surface area contributed by atoms with Crippen molar-refractivity contribution >= 4 is 5.97 Å². The predicted molar refractivity (Wildman–Crippen MR) is 117 cm³/mol. The molecule has 0 rings (SSSR count). The number of aliphatic carboxylic acids is 1. The molecule has 0 amide bonds. The number of carbonyl (C=O) groups is 1. The van der Waals surface area contributed by atoms with Gasteiger partial charge in [-0.15, -0.1) is 11.8 Å². The van der Waals surface area contributed by atoms with Gasteiger partial charge in [0, 0.05) is 19.3 Å². The topological polar surface area (TPSA) is 37.3 Å². The highest BCUT2D eigenvalue weighted by molar-refractivity contribution is 5.66. The Morgan fingerprint density at radius 2 is 1.00 bits per heavy atom. The van der Waals surface area contributed by atoms with Crippen LogP contribution in [0.15, 0.2) is 0 Å². The van der Waals surface area contributed by atoms with E-state index in [0.717, 1.165) is 38.5 Å². The molecule has 0 atom stereocenters. The summed E-state index contributed by atoms with van der Waals surface area (Å²) < 4.78 is 0. The molecule has 0 radical (unpaired) electrons. The first-order valence-corrected chi connectivity index (χ1v) is 11.4. The van der Waals surface area contributed by atoms with Crippen molar-refractivity contribution in [2.75, 3.05) is 0 Å². The molecule has 0 saturated heterocycles. The second-order valence-electron chi connectivity index (χ2n) is 7.48. The highest BCUT2D eigenvalue weighted by atomic mass is 16.4. The molecule has 0 aliphatic carbocycles. The predicted octanol–water partition coefficient (Wildman–Crippen LogP) is 7.51. The van der Waals surface area contributed by atoms with Crippen LogP contribution >= 0.6 is 0 Å². The van der Waals surface area contributed by atoms with Gasteiger partial charge in [0.15, 0.2) is 0 Å². The van der Waals surface area contributed by atoms with Crippen LogP contribution in [0.1, 0.15) is 129 Å². The van der Waals surface area contributed by atoms with Gasteiger partial charge in [0.1, 0.15) is 0 Å². The van der Waals surface area contributed by atoms with Crippen molar-refractivity contribution < 1.29 is 9.90 Å². The van der Waals surface area contributed by atoms with E-state index in [0.29, 0.717) is 12.8 Å². The normalized spacial score (nSPS) is 9.96. The number of hydrogen-bond donors (Lipinski definition) is 1. The van der Waals surface area contributed by atoms with Crippen LogP contribution in [0.4, 0.5) is 0 Å². The van der Waals surface area contributed by atoms with Gasteiger partial charge >= 0.3 is 5.97 Å². The van der Waals surface area contributed by atoms with Crippen molar-refractivity contribution in [1.29, 1.82) is 0 Å². The molecule has 0 heterocycles. The largest absolute Gasteiger partial charge is 0.481 e. The minimum Gasteiger partial charge on any atom is -0.481 e. The average molecular weight is 375 g/mol. The van der Waals surface area contributed by atoms with Gasteiger partial charge < -0.3 is 5.11 Å². The smallest absolute Gasteiger partial charge is 0.303 e. The highest BCUT2D eigenvalue weighted by Gasteiger charge is 1.96. The molecule has 0 aromatic carbocycles. The van der Waals surface area contributed by atoms with E-state index in [1.54, 1.807) is 0 Å². The average Bonchev–Trinajstić information content (AvgIpc) is 2.65. The molecule has 0 aliphatic heterocycles. The van der Waals surface area contributed by atoms with Gasteiger partial charge in [-0.25, -0.2) is 0 Å². The number of unbranched alkanes of at least 4 members (excludes halogenated alkanes) is 15. The summed E-state index contributed by atoms with van der Waals surface area (Å²) in [5, 5.41) is 8.55. The fourth-order valence-electron chi connectivity index (χ4n) is 3.07. The molecule has 0 saturated carbocycles. The molecular weight excluding hydrogens is 332 g/mol. The van der Waals surface area contributed by atoms with Gasteiger partial charge in [-0.3, -0.25) is 4.79 Å². The zero-order valence-corrected chi connectivity index (χ0v) is 17.8. The third-order valence-corrected chi connectivity index (χ3v) is 4.77. The second kappa shape index (κ2) is 22.6. The van der Waals surface area contributed by atoms with Gasteiger partial charge in [0.05, 0.1) is 6.42 Å². The first kappa shape index (κ1) is 25.6. The molecule has 2 heteroatoms. The first-order chi connectivity index (χ1) is 13.3. The molecule has 1 N–H and O–H groups in total. The lowest BCUT2D eigenvalue weighted by atomic mass is 10.1. The fraction of sp³-hybridized carbons (Fsp3) is 0.800. The van der Waals surface area contributed by atoms with Crippen LogP contribution in [0.5, 0.6) is 0 Å². The Hall–Kier alpha value is -1.41. The van der Waals surface area contributed by atoms with Crippen molar-refractivity contribution in [1.82, 2.24) is 0 Å². The SMILES string of the molecule is CCCCCCCCCCCC#CCC#CCCCCCCCCC(=O)O. The summed E-state index contributed by atoms with van der Waals surface area (Å²) in [5.41, 5.74) is 0. The summed E-state index contributed by atoms with van der Waals surface area (Å²) in [6.07, 6.45) is 21.9. The van der Waals surface area contributed by atoms with Crippen molar-refractivity contribution in [3.8, 4) is 23.7 Å². The van der Waals surface area contributed by atoms with Crippen molar-refractivity contribution in [2.24, 2.45) is 0 Å². The second-order valence-corrected chi connectivity index (χ2v) is 7.48. The molecule has 0 aromatic rings. The Bertz CT molecular complexity index is 444. The van der Waals surface area contributed by atoms with E-state index in [9.17, 15) is 4.79 Å². The monoisotopic (exact) mass is 374 g/mol. The third-order valence-electron chi connectivity index (χ3n) is 4.77. The minimum atomic E-state index is -0.679. The zero-order chi connectivity index (χ0) is 19.8. The van der Waals surface area contributed by atoms with E-state index < -0.39 is 5.97 Å². The highest BCUT2D eigenvalue weighted by Crippen LogP contribution is 2.10. The molecular formula is C25H42O2. The van der Waals surface area contributed by atoms with Crippen molar-refractivity contribution in [3.05, 3.63) is 0 Å². The van der Waals surface area contributed by atoms with Gasteiger partial charge in [-0.2, -0.15) is 0 Å². The van der Waals surface area contributed by atoms with Crippen LogP contribution in [0.25, 0.3) is 0 Å². The zero-order valence-electron chi connectivity index (χ0n) is 17.8. The van der Waals surface area contributed by atoms with Gasteiger partial charge in [-0.05, 0) is 19.3 Å². The summed E-state index contributed by atoms with van der Waals surface area (Å²) in [7, 11) is 0. The Morgan fingerprint density at radius 1 is 0.593 bits per heavy atom. The van der Waals surface area contributed by atoms with E-state index in [4.69, 9.17) is 5.11 Å². The molecule has 0 unspecified atom stereocenters. The van der Waals surface area contributed by atoms with Gasteiger partial charge in [0.25, 0.3) is 0 Å². The quantitative estimate of drug-likeness (QED) is 0.211.